The number of rotatable bonds is 7. The molecule has 17 heavy (non-hydrogen) atoms. The van der Waals surface area contributed by atoms with Gasteiger partial charge in [-0.15, -0.1) is 11.8 Å². The van der Waals surface area contributed by atoms with E-state index >= 15 is 0 Å². The van der Waals surface area contributed by atoms with Crippen molar-refractivity contribution >= 4 is 11.8 Å². The lowest BCUT2D eigenvalue weighted by molar-refractivity contribution is 0.0360. The van der Waals surface area contributed by atoms with Crippen LogP contribution in [0.3, 0.4) is 0 Å². The summed E-state index contributed by atoms with van der Waals surface area (Å²) in [6.07, 6.45) is 2.53. The van der Waals surface area contributed by atoms with Gasteiger partial charge >= 0.3 is 0 Å². The summed E-state index contributed by atoms with van der Waals surface area (Å²) in [5, 5.41) is 10.0. The first-order valence-corrected chi connectivity index (χ1v) is 7.21. The summed E-state index contributed by atoms with van der Waals surface area (Å²) in [6.45, 7) is 4.48. The lowest BCUT2D eigenvalue weighted by Crippen LogP contribution is -2.36. The first-order valence-electron chi connectivity index (χ1n) is 6.22. The van der Waals surface area contributed by atoms with Gasteiger partial charge in [0.1, 0.15) is 0 Å². The minimum Gasteiger partial charge on any atom is -0.389 e. The molecule has 1 rings (SSSR count). The predicted molar refractivity (Wildman–Crippen MR) is 75.4 cm³/mol. The highest BCUT2D eigenvalue weighted by Crippen LogP contribution is 2.24. The molecule has 1 unspecified atom stereocenters. The average Bonchev–Trinajstić information content (AvgIpc) is 2.36. The molecule has 0 aliphatic carbocycles. The number of hydrogen-bond acceptors (Lipinski definition) is 3. The molecule has 0 aliphatic rings. The normalized spacial score (nSPS) is 14.6. The van der Waals surface area contributed by atoms with Crippen molar-refractivity contribution in [2.24, 2.45) is 5.73 Å². The summed E-state index contributed by atoms with van der Waals surface area (Å²) >= 11 is 1.86. The zero-order chi connectivity index (χ0) is 12.7. The topological polar surface area (TPSA) is 46.2 Å². The number of thioether (sulfide) groups is 1. The number of aliphatic hydroxyl groups is 1. The molecule has 0 aliphatic heterocycles. The Morgan fingerprint density at radius 2 is 2.06 bits per heavy atom. The van der Waals surface area contributed by atoms with Crippen LogP contribution >= 0.6 is 11.8 Å². The lowest BCUT2D eigenvalue weighted by Gasteiger charge is -2.24. The lowest BCUT2D eigenvalue weighted by atomic mass is 9.95. The summed E-state index contributed by atoms with van der Waals surface area (Å²) in [5.41, 5.74) is 6.24. The Morgan fingerprint density at radius 3 is 2.65 bits per heavy atom. The maximum Gasteiger partial charge on any atom is 0.0767 e. The highest BCUT2D eigenvalue weighted by Gasteiger charge is 2.21. The molecule has 0 saturated heterocycles. The fourth-order valence-electron chi connectivity index (χ4n) is 1.72. The van der Waals surface area contributed by atoms with Gasteiger partial charge in [0.15, 0.2) is 0 Å². The largest absolute Gasteiger partial charge is 0.389 e. The summed E-state index contributed by atoms with van der Waals surface area (Å²) in [5.74, 6) is 1.03. The maximum absolute atomic E-state index is 10.0. The second-order valence-corrected chi connectivity index (χ2v) is 5.64. The summed E-state index contributed by atoms with van der Waals surface area (Å²) in [6, 6.07) is 8.40. The minimum absolute atomic E-state index is 0.360. The van der Waals surface area contributed by atoms with Crippen molar-refractivity contribution in [1.29, 1.82) is 0 Å². The van der Waals surface area contributed by atoms with E-state index in [9.17, 15) is 5.11 Å². The van der Waals surface area contributed by atoms with Gasteiger partial charge in [-0.1, -0.05) is 25.1 Å². The molecule has 1 aromatic rings. The predicted octanol–water partition coefficient (Wildman–Crippen LogP) is 2.97. The van der Waals surface area contributed by atoms with Crippen LogP contribution in [0, 0.1) is 6.92 Å². The Balaban J connectivity index is 2.32. The van der Waals surface area contributed by atoms with Gasteiger partial charge in [-0.25, -0.2) is 0 Å². The molecular weight excluding hydrogens is 230 g/mol. The molecule has 0 bridgehead atoms. The number of nitrogens with two attached hydrogens (primary N) is 1. The van der Waals surface area contributed by atoms with Gasteiger partial charge in [0, 0.05) is 11.4 Å². The van der Waals surface area contributed by atoms with Crippen LogP contribution in [-0.4, -0.2) is 23.0 Å². The molecule has 2 nitrogen and oxygen atoms in total. The molecule has 0 heterocycles. The average molecular weight is 253 g/mol. The van der Waals surface area contributed by atoms with Crippen molar-refractivity contribution in [3.05, 3.63) is 29.8 Å². The van der Waals surface area contributed by atoms with Crippen LogP contribution in [0.15, 0.2) is 29.2 Å². The second-order valence-electron chi connectivity index (χ2n) is 4.50. The van der Waals surface area contributed by atoms with Crippen LogP contribution in [0.2, 0.25) is 0 Å². The van der Waals surface area contributed by atoms with E-state index in [2.05, 4.69) is 31.2 Å². The van der Waals surface area contributed by atoms with Crippen molar-refractivity contribution in [3.63, 3.8) is 0 Å². The van der Waals surface area contributed by atoms with E-state index in [0.717, 1.165) is 25.0 Å². The third-order valence-electron chi connectivity index (χ3n) is 3.18. The standard InChI is InChI=1S/C14H23NOS/c1-3-14(16,11-15)9-6-10-17-13-8-5-4-7-12(13)2/h4-5,7-8,16H,3,6,9-11,15H2,1-2H3. The van der Waals surface area contributed by atoms with Gasteiger partial charge < -0.3 is 10.8 Å². The fraction of sp³-hybridized carbons (Fsp3) is 0.571. The van der Waals surface area contributed by atoms with E-state index in [1.54, 1.807) is 0 Å². The van der Waals surface area contributed by atoms with Gasteiger partial charge in [-0.3, -0.25) is 0 Å². The first kappa shape index (κ1) is 14.6. The van der Waals surface area contributed by atoms with Crippen LogP contribution in [0.5, 0.6) is 0 Å². The van der Waals surface area contributed by atoms with E-state index in [1.807, 2.05) is 18.7 Å². The molecule has 96 valence electrons. The summed E-state index contributed by atoms with van der Waals surface area (Å²) < 4.78 is 0. The molecule has 3 N–H and O–H groups in total. The van der Waals surface area contributed by atoms with Crippen molar-refractivity contribution in [2.75, 3.05) is 12.3 Å². The van der Waals surface area contributed by atoms with Crippen LogP contribution in [0.1, 0.15) is 31.7 Å². The van der Waals surface area contributed by atoms with Gasteiger partial charge in [0.05, 0.1) is 5.60 Å². The fourth-order valence-corrected chi connectivity index (χ4v) is 2.70. The van der Waals surface area contributed by atoms with Crippen molar-refractivity contribution < 1.29 is 5.11 Å². The SMILES string of the molecule is CCC(O)(CN)CCCSc1ccccc1C. The van der Waals surface area contributed by atoms with Gasteiger partial charge in [0.2, 0.25) is 0 Å². The third-order valence-corrected chi connectivity index (χ3v) is 4.44. The highest BCUT2D eigenvalue weighted by atomic mass is 32.2. The van der Waals surface area contributed by atoms with E-state index in [4.69, 9.17) is 5.73 Å². The Morgan fingerprint density at radius 1 is 1.35 bits per heavy atom. The Kier molecular flexibility index (Phi) is 6.03. The molecule has 0 spiro atoms. The first-order chi connectivity index (χ1) is 8.11. The molecule has 0 fully saturated rings. The molecule has 0 aromatic heterocycles. The summed E-state index contributed by atoms with van der Waals surface area (Å²) in [7, 11) is 0. The van der Waals surface area contributed by atoms with Crippen molar-refractivity contribution in [3.8, 4) is 0 Å². The van der Waals surface area contributed by atoms with Gasteiger partial charge in [-0.05, 0) is 43.6 Å². The van der Waals surface area contributed by atoms with Crippen LogP contribution in [-0.2, 0) is 0 Å². The van der Waals surface area contributed by atoms with E-state index in [0.29, 0.717) is 6.54 Å². The van der Waals surface area contributed by atoms with Crippen LogP contribution in [0.25, 0.3) is 0 Å². The molecule has 3 heteroatoms. The molecule has 1 atom stereocenters. The molecule has 0 saturated carbocycles. The van der Waals surface area contributed by atoms with Crippen molar-refractivity contribution in [1.82, 2.24) is 0 Å². The Labute approximate surface area is 109 Å². The monoisotopic (exact) mass is 253 g/mol. The minimum atomic E-state index is -0.660. The van der Waals surface area contributed by atoms with Crippen molar-refractivity contribution in [2.45, 2.75) is 43.6 Å². The summed E-state index contributed by atoms with van der Waals surface area (Å²) in [4.78, 5) is 1.33. The molecule has 0 radical (unpaired) electrons. The van der Waals surface area contributed by atoms with Gasteiger partial charge in [0.25, 0.3) is 0 Å². The Bertz CT molecular complexity index is 337. The smallest absolute Gasteiger partial charge is 0.0767 e. The Hall–Kier alpha value is -0.510. The zero-order valence-corrected chi connectivity index (χ0v) is 11.6. The molecule has 1 aromatic carbocycles. The molecular formula is C14H23NOS. The third kappa shape index (κ3) is 4.70. The number of hydrogen-bond donors (Lipinski definition) is 2. The number of benzene rings is 1. The van der Waals surface area contributed by atoms with E-state index in [1.165, 1.54) is 10.5 Å². The second kappa shape index (κ2) is 7.04. The molecule has 0 amide bonds. The van der Waals surface area contributed by atoms with Crippen LogP contribution in [0.4, 0.5) is 0 Å². The zero-order valence-electron chi connectivity index (χ0n) is 10.8. The van der Waals surface area contributed by atoms with E-state index < -0.39 is 5.60 Å². The van der Waals surface area contributed by atoms with E-state index in [-0.39, 0.29) is 0 Å². The van der Waals surface area contributed by atoms with Crippen LogP contribution < -0.4 is 5.73 Å². The quantitative estimate of drug-likeness (QED) is 0.580. The maximum atomic E-state index is 10.0. The van der Waals surface area contributed by atoms with Gasteiger partial charge in [-0.2, -0.15) is 0 Å². The number of aryl methyl sites for hydroxylation is 1. The highest BCUT2D eigenvalue weighted by molar-refractivity contribution is 7.99.